The van der Waals surface area contributed by atoms with E-state index in [4.69, 9.17) is 30.8 Å². The lowest BCUT2D eigenvalue weighted by molar-refractivity contribution is 0.0686. The van der Waals surface area contributed by atoms with Gasteiger partial charge in [0.2, 0.25) is 0 Å². The normalized spacial score (nSPS) is 26.5. The van der Waals surface area contributed by atoms with Gasteiger partial charge in [-0.2, -0.15) is 9.97 Å². The zero-order chi connectivity index (χ0) is 40.3. The van der Waals surface area contributed by atoms with Crippen LogP contribution in [0.3, 0.4) is 0 Å². The van der Waals surface area contributed by atoms with Gasteiger partial charge in [-0.05, 0) is 81.5 Å². The SMILES string of the molecule is C#Cc1c(F)ccc2cccc(-c3nc4c5c(nc(OC[C@@]67CCCN6[C@H](COc6cccc(S(F)(F)(F)(F)F)c6)CC7)nc5c3F)N3C[C@H]5CC[C@H](N5)[C@H]3CC4)c12. The third-order valence-electron chi connectivity index (χ3n) is 12.9. The number of aryl methyl sites for hydroxylation is 1. The van der Waals surface area contributed by atoms with E-state index in [2.05, 4.69) is 21.0 Å². The maximum atomic E-state index is 17.3. The molecule has 1 N–H and O–H groups in total. The highest BCUT2D eigenvalue weighted by atomic mass is 32.5. The van der Waals surface area contributed by atoms with E-state index in [0.717, 1.165) is 38.2 Å². The molecule has 2 aromatic heterocycles. The summed E-state index contributed by atoms with van der Waals surface area (Å²) in [5.41, 5.74) is 0.592. The van der Waals surface area contributed by atoms with Crippen LogP contribution in [-0.4, -0.2) is 75.9 Å². The summed E-state index contributed by atoms with van der Waals surface area (Å²) in [6.07, 6.45) is 12.0. The van der Waals surface area contributed by atoms with Crippen LogP contribution < -0.4 is 19.7 Å². The van der Waals surface area contributed by atoms with Crippen molar-refractivity contribution in [3.8, 4) is 35.4 Å². The summed E-state index contributed by atoms with van der Waals surface area (Å²) in [6.45, 7) is 1.51. The molecule has 0 aliphatic carbocycles. The Morgan fingerprint density at radius 1 is 0.914 bits per heavy atom. The number of piperazine rings is 1. The Morgan fingerprint density at radius 3 is 2.59 bits per heavy atom. The quantitative estimate of drug-likeness (QED) is 0.123. The molecule has 0 spiro atoms. The second-order valence-corrected chi connectivity index (χ2v) is 18.7. The lowest BCUT2D eigenvalue weighted by Gasteiger charge is -2.41. The monoisotopic (exact) mass is 824 g/mol. The topological polar surface area (TPSA) is 75.6 Å². The summed E-state index contributed by atoms with van der Waals surface area (Å²) >= 11 is 0. The molecular formula is C42H39F7N6O2S. The van der Waals surface area contributed by atoms with Gasteiger partial charge in [0.25, 0.3) is 0 Å². The largest absolute Gasteiger partial charge is 0.492 e. The molecule has 3 aromatic carbocycles. The molecule has 0 saturated carbocycles. The first-order chi connectivity index (χ1) is 27.6. The highest BCUT2D eigenvalue weighted by molar-refractivity contribution is 8.45. The fraction of sp³-hybridized carbons (Fsp3) is 0.405. The van der Waals surface area contributed by atoms with Crippen LogP contribution >= 0.6 is 10.2 Å². The minimum absolute atomic E-state index is 0.00181. The van der Waals surface area contributed by atoms with Gasteiger partial charge in [-0.15, -0.1) is 6.42 Å². The zero-order valence-electron chi connectivity index (χ0n) is 31.2. The van der Waals surface area contributed by atoms with Crippen LogP contribution in [0, 0.1) is 24.0 Å². The number of halogens is 7. The molecule has 5 aliphatic rings. The van der Waals surface area contributed by atoms with E-state index >= 15 is 8.78 Å². The Balaban J connectivity index is 0.999. The maximum Gasteiger partial charge on any atom is 0.319 e. The van der Waals surface area contributed by atoms with Crippen molar-refractivity contribution >= 4 is 37.7 Å². The fourth-order valence-electron chi connectivity index (χ4n) is 10.3. The van der Waals surface area contributed by atoms with Gasteiger partial charge in [-0.3, -0.25) is 4.90 Å². The Bertz CT molecular complexity index is 2570. The number of benzene rings is 3. The number of pyridine rings is 1. The van der Waals surface area contributed by atoms with Crippen LogP contribution in [0.5, 0.6) is 11.8 Å². The molecule has 7 heterocycles. The van der Waals surface area contributed by atoms with E-state index < -0.39 is 32.3 Å². The first-order valence-electron chi connectivity index (χ1n) is 19.6. The maximum absolute atomic E-state index is 17.3. The molecule has 5 aliphatic heterocycles. The molecule has 2 bridgehead atoms. The van der Waals surface area contributed by atoms with Gasteiger partial charge in [0, 0.05) is 47.7 Å². The molecule has 5 aromatic rings. The summed E-state index contributed by atoms with van der Waals surface area (Å²) < 4.78 is 112. The number of nitrogens with zero attached hydrogens (tertiary/aromatic N) is 5. The van der Waals surface area contributed by atoms with Crippen molar-refractivity contribution < 1.29 is 37.7 Å². The van der Waals surface area contributed by atoms with Gasteiger partial charge < -0.3 is 19.7 Å². The van der Waals surface area contributed by atoms with Crippen LogP contribution in [0.1, 0.15) is 56.2 Å². The van der Waals surface area contributed by atoms with Crippen molar-refractivity contribution in [1.29, 1.82) is 0 Å². The summed E-state index contributed by atoms with van der Waals surface area (Å²) in [4.78, 5) is 17.2. The first kappa shape index (κ1) is 37.4. The summed E-state index contributed by atoms with van der Waals surface area (Å²) in [5, 5.41) is 5.29. The molecule has 0 radical (unpaired) electrons. The van der Waals surface area contributed by atoms with Crippen LogP contribution in [0.15, 0.2) is 59.5 Å². The van der Waals surface area contributed by atoms with Crippen LogP contribution in [0.4, 0.5) is 34.0 Å². The van der Waals surface area contributed by atoms with Gasteiger partial charge in [-0.1, -0.05) is 55.7 Å². The second kappa shape index (κ2) is 12.6. The predicted molar refractivity (Wildman–Crippen MR) is 208 cm³/mol. The molecule has 304 valence electrons. The highest BCUT2D eigenvalue weighted by Crippen LogP contribution is 3.02. The molecule has 4 saturated heterocycles. The number of ether oxygens (including phenoxy) is 2. The number of terminal acetylenes is 1. The standard InChI is InChI=1S/C42H39F7N6O2S/c1-2-29-31(43)12-10-24-6-3-9-30(35(24)29)38-37(44)39-36-33(51-38)14-15-34-32-13-11-25(50-32)21-54(34)40(36)53-41(52-39)57-23-42-17-5-19-55(42)26(16-18-42)22-56-27-7-4-8-28(20-27)58(45,46,47,48)49/h1,3-4,6-10,12,20,25-26,32,34,50H,5,11,13-19,21-23H2/t25-,26+,32+,34-,42+/m1/s1. The number of fused-ring (bicyclic) bond motifs is 7. The molecule has 58 heavy (non-hydrogen) atoms. The number of rotatable bonds is 8. The Hall–Kier alpha value is -4.85. The van der Waals surface area contributed by atoms with Crippen molar-refractivity contribution in [1.82, 2.24) is 25.2 Å². The number of anilines is 1. The lowest BCUT2D eigenvalue weighted by atomic mass is 9.95. The van der Waals surface area contributed by atoms with E-state index in [1.807, 2.05) is 0 Å². The van der Waals surface area contributed by atoms with Crippen molar-refractivity contribution in [2.45, 2.75) is 86.0 Å². The van der Waals surface area contributed by atoms with Crippen LogP contribution in [-0.2, 0) is 6.42 Å². The lowest BCUT2D eigenvalue weighted by Crippen LogP contribution is -2.58. The molecule has 0 amide bonds. The van der Waals surface area contributed by atoms with Gasteiger partial charge >= 0.3 is 16.2 Å². The minimum Gasteiger partial charge on any atom is -0.492 e. The number of aromatic nitrogens is 3. The molecule has 4 fully saturated rings. The Kier molecular flexibility index (Phi) is 8.12. The van der Waals surface area contributed by atoms with E-state index in [1.54, 1.807) is 24.3 Å². The zero-order valence-corrected chi connectivity index (χ0v) is 32.0. The van der Waals surface area contributed by atoms with Crippen molar-refractivity contribution in [2.75, 3.05) is 31.2 Å². The van der Waals surface area contributed by atoms with E-state index in [1.165, 1.54) is 12.1 Å². The summed E-state index contributed by atoms with van der Waals surface area (Å²) in [5.74, 6) is 1.44. The Labute approximate surface area is 329 Å². The van der Waals surface area contributed by atoms with Gasteiger partial charge in [0.05, 0.1) is 22.2 Å². The second-order valence-electron chi connectivity index (χ2n) is 16.3. The van der Waals surface area contributed by atoms with Gasteiger partial charge in [0.1, 0.15) is 46.7 Å². The third kappa shape index (κ3) is 6.19. The van der Waals surface area contributed by atoms with Crippen LogP contribution in [0.2, 0.25) is 0 Å². The Morgan fingerprint density at radius 2 is 1.76 bits per heavy atom. The van der Waals surface area contributed by atoms with Crippen LogP contribution in [0.25, 0.3) is 32.9 Å². The average molecular weight is 825 g/mol. The highest BCUT2D eigenvalue weighted by Gasteiger charge is 2.65. The van der Waals surface area contributed by atoms with Gasteiger partial charge in [-0.25, -0.2) is 13.8 Å². The fourth-order valence-corrected chi connectivity index (χ4v) is 11.0. The molecule has 0 unspecified atom stereocenters. The summed E-state index contributed by atoms with van der Waals surface area (Å²) in [6, 6.07) is 11.3. The third-order valence-corrected chi connectivity index (χ3v) is 14.1. The van der Waals surface area contributed by atoms with Crippen molar-refractivity contribution in [2.24, 2.45) is 0 Å². The van der Waals surface area contributed by atoms with E-state index in [0.29, 0.717) is 77.7 Å². The number of nitrogens with one attached hydrogen (secondary N) is 1. The number of hydrogen-bond acceptors (Lipinski definition) is 8. The molecule has 16 heteroatoms. The average Bonchev–Trinajstić information content (AvgIpc) is 3.86. The summed E-state index contributed by atoms with van der Waals surface area (Å²) in [7, 11) is -9.88. The van der Waals surface area contributed by atoms with E-state index in [9.17, 15) is 19.4 Å². The smallest absolute Gasteiger partial charge is 0.319 e. The molecule has 8 nitrogen and oxygen atoms in total. The molecule has 5 atom stereocenters. The predicted octanol–water partition coefficient (Wildman–Crippen LogP) is 9.47. The van der Waals surface area contributed by atoms with E-state index in [-0.39, 0.29) is 65.9 Å². The molecular weight excluding hydrogens is 786 g/mol. The van der Waals surface area contributed by atoms with Crippen molar-refractivity contribution in [3.05, 3.63) is 77.5 Å². The molecule has 10 rings (SSSR count). The van der Waals surface area contributed by atoms with Crippen molar-refractivity contribution in [3.63, 3.8) is 0 Å². The number of hydrogen-bond donors (Lipinski definition) is 1. The minimum atomic E-state index is -9.88. The van der Waals surface area contributed by atoms with Gasteiger partial charge in [0.15, 0.2) is 5.82 Å². The first-order valence-corrected chi connectivity index (χ1v) is 21.5.